The van der Waals surface area contributed by atoms with Crippen LogP contribution in [0.3, 0.4) is 0 Å². The molecule has 1 nitrogen and oxygen atoms in total. The Labute approximate surface area is 130 Å². The summed E-state index contributed by atoms with van der Waals surface area (Å²) in [6.07, 6.45) is 2.25. The molecule has 22 heavy (non-hydrogen) atoms. The van der Waals surface area contributed by atoms with Crippen LogP contribution in [0.2, 0.25) is 0 Å². The van der Waals surface area contributed by atoms with Crippen LogP contribution in [0.1, 0.15) is 18.9 Å². The highest BCUT2D eigenvalue weighted by atomic mass is 16.3. The van der Waals surface area contributed by atoms with Crippen molar-refractivity contribution in [3.63, 3.8) is 0 Å². The first-order valence-corrected chi connectivity index (χ1v) is 7.87. The van der Waals surface area contributed by atoms with E-state index in [1.165, 1.54) is 27.5 Å². The molecule has 0 saturated carbocycles. The van der Waals surface area contributed by atoms with Crippen molar-refractivity contribution in [2.45, 2.75) is 19.8 Å². The zero-order valence-corrected chi connectivity index (χ0v) is 12.7. The fourth-order valence-corrected chi connectivity index (χ4v) is 3.27. The van der Waals surface area contributed by atoms with Crippen LogP contribution in [0, 0.1) is 0 Å². The maximum Gasteiger partial charge on any atom is 0.136 e. The first-order chi connectivity index (χ1) is 10.9. The zero-order valence-electron chi connectivity index (χ0n) is 12.7. The van der Waals surface area contributed by atoms with E-state index < -0.39 is 0 Å². The van der Waals surface area contributed by atoms with E-state index in [1.807, 2.05) is 12.1 Å². The largest absolute Gasteiger partial charge is 0.456 e. The van der Waals surface area contributed by atoms with Crippen LogP contribution >= 0.6 is 0 Å². The molecule has 0 aliphatic heterocycles. The topological polar surface area (TPSA) is 13.1 Å². The Morgan fingerprint density at radius 3 is 2.36 bits per heavy atom. The second-order valence-electron chi connectivity index (χ2n) is 5.68. The lowest BCUT2D eigenvalue weighted by Crippen LogP contribution is -1.89. The Morgan fingerprint density at radius 1 is 0.727 bits per heavy atom. The minimum absolute atomic E-state index is 0.956. The van der Waals surface area contributed by atoms with Crippen molar-refractivity contribution in [3.8, 4) is 11.1 Å². The molecule has 0 amide bonds. The summed E-state index contributed by atoms with van der Waals surface area (Å²) >= 11 is 0. The molecular formula is C21H18O. The molecule has 0 N–H and O–H groups in total. The van der Waals surface area contributed by atoms with Gasteiger partial charge in [0.05, 0.1) is 0 Å². The van der Waals surface area contributed by atoms with E-state index in [0.29, 0.717) is 0 Å². The first kappa shape index (κ1) is 13.1. The van der Waals surface area contributed by atoms with E-state index >= 15 is 0 Å². The minimum atomic E-state index is 0.956. The third-order valence-electron chi connectivity index (χ3n) is 4.23. The standard InChI is InChI=1S/C21H18O/c1-2-8-15-9-3-4-10-16(15)17-12-7-14-20-21(17)18-11-5-6-13-19(18)22-20/h3-7,9-14H,2,8H2,1H3. The van der Waals surface area contributed by atoms with Crippen molar-refractivity contribution >= 4 is 21.9 Å². The summed E-state index contributed by atoms with van der Waals surface area (Å²) in [7, 11) is 0. The molecular weight excluding hydrogens is 268 g/mol. The van der Waals surface area contributed by atoms with Crippen LogP contribution in [-0.2, 0) is 6.42 Å². The summed E-state index contributed by atoms with van der Waals surface area (Å²) in [5, 5.41) is 2.42. The van der Waals surface area contributed by atoms with Crippen LogP contribution in [0.25, 0.3) is 33.1 Å². The lowest BCUT2D eigenvalue weighted by Gasteiger charge is -2.10. The molecule has 1 aromatic heterocycles. The summed E-state index contributed by atoms with van der Waals surface area (Å²) in [5.74, 6) is 0. The SMILES string of the molecule is CCCc1ccccc1-c1cccc2oc3ccccc3c12. The molecule has 0 aliphatic rings. The molecule has 0 radical (unpaired) electrons. The van der Waals surface area contributed by atoms with Gasteiger partial charge < -0.3 is 4.42 Å². The maximum absolute atomic E-state index is 6.01. The Morgan fingerprint density at radius 2 is 1.45 bits per heavy atom. The fourth-order valence-electron chi connectivity index (χ4n) is 3.27. The predicted octanol–water partition coefficient (Wildman–Crippen LogP) is 6.21. The quantitative estimate of drug-likeness (QED) is 0.436. The van der Waals surface area contributed by atoms with E-state index in [1.54, 1.807) is 0 Å². The van der Waals surface area contributed by atoms with Gasteiger partial charge in [-0.1, -0.05) is 67.9 Å². The Hall–Kier alpha value is -2.54. The smallest absolute Gasteiger partial charge is 0.136 e. The molecule has 0 atom stereocenters. The van der Waals surface area contributed by atoms with Crippen LogP contribution in [0.15, 0.2) is 71.1 Å². The van der Waals surface area contributed by atoms with Crippen LogP contribution in [-0.4, -0.2) is 0 Å². The van der Waals surface area contributed by atoms with Crippen molar-refractivity contribution in [1.29, 1.82) is 0 Å². The van der Waals surface area contributed by atoms with Crippen molar-refractivity contribution < 1.29 is 4.42 Å². The van der Waals surface area contributed by atoms with Crippen LogP contribution in [0.5, 0.6) is 0 Å². The van der Waals surface area contributed by atoms with Crippen molar-refractivity contribution in [2.24, 2.45) is 0 Å². The second-order valence-corrected chi connectivity index (χ2v) is 5.68. The van der Waals surface area contributed by atoms with E-state index in [-0.39, 0.29) is 0 Å². The van der Waals surface area contributed by atoms with Gasteiger partial charge in [-0.2, -0.15) is 0 Å². The van der Waals surface area contributed by atoms with Gasteiger partial charge in [0.25, 0.3) is 0 Å². The third kappa shape index (κ3) is 2.01. The molecule has 3 aromatic carbocycles. The molecule has 1 heterocycles. The Balaban J connectivity index is 2.07. The summed E-state index contributed by atoms with van der Waals surface area (Å²) in [5.41, 5.74) is 5.92. The van der Waals surface area contributed by atoms with Gasteiger partial charge in [-0.25, -0.2) is 0 Å². The van der Waals surface area contributed by atoms with Gasteiger partial charge in [0.15, 0.2) is 0 Å². The van der Waals surface area contributed by atoms with Crippen LogP contribution in [0.4, 0.5) is 0 Å². The molecule has 0 bridgehead atoms. The van der Waals surface area contributed by atoms with Crippen molar-refractivity contribution in [2.75, 3.05) is 0 Å². The number of hydrogen-bond donors (Lipinski definition) is 0. The van der Waals surface area contributed by atoms with E-state index in [9.17, 15) is 0 Å². The molecule has 0 aliphatic carbocycles. The van der Waals surface area contributed by atoms with Gasteiger partial charge in [-0.15, -0.1) is 0 Å². The maximum atomic E-state index is 6.01. The number of aryl methyl sites for hydroxylation is 1. The second kappa shape index (κ2) is 5.34. The molecule has 108 valence electrons. The molecule has 1 heteroatoms. The highest BCUT2D eigenvalue weighted by Crippen LogP contribution is 2.37. The number of furan rings is 1. The van der Waals surface area contributed by atoms with Crippen molar-refractivity contribution in [1.82, 2.24) is 0 Å². The number of rotatable bonds is 3. The summed E-state index contributed by atoms with van der Waals surface area (Å²) in [4.78, 5) is 0. The summed E-state index contributed by atoms with van der Waals surface area (Å²) in [6, 6.07) is 23.3. The summed E-state index contributed by atoms with van der Waals surface area (Å²) in [6.45, 7) is 2.23. The zero-order chi connectivity index (χ0) is 14.9. The third-order valence-corrected chi connectivity index (χ3v) is 4.23. The number of hydrogen-bond acceptors (Lipinski definition) is 1. The Bertz CT molecular complexity index is 946. The molecule has 0 unspecified atom stereocenters. The van der Waals surface area contributed by atoms with Gasteiger partial charge in [-0.05, 0) is 35.2 Å². The number of para-hydroxylation sites is 1. The predicted molar refractivity (Wildman–Crippen MR) is 93.2 cm³/mol. The summed E-state index contributed by atoms with van der Waals surface area (Å²) < 4.78 is 6.01. The molecule has 4 rings (SSSR count). The monoisotopic (exact) mass is 286 g/mol. The van der Waals surface area contributed by atoms with Gasteiger partial charge in [0.2, 0.25) is 0 Å². The first-order valence-electron chi connectivity index (χ1n) is 7.87. The molecule has 0 saturated heterocycles. The van der Waals surface area contributed by atoms with Gasteiger partial charge >= 0.3 is 0 Å². The number of fused-ring (bicyclic) bond motifs is 3. The molecule has 0 spiro atoms. The lowest BCUT2D eigenvalue weighted by atomic mass is 9.93. The van der Waals surface area contributed by atoms with Crippen molar-refractivity contribution in [3.05, 3.63) is 72.3 Å². The van der Waals surface area contributed by atoms with E-state index in [0.717, 1.165) is 24.0 Å². The Kier molecular flexibility index (Phi) is 3.19. The van der Waals surface area contributed by atoms with Gasteiger partial charge in [0, 0.05) is 10.8 Å². The molecule has 4 aromatic rings. The van der Waals surface area contributed by atoms with Crippen LogP contribution < -0.4 is 0 Å². The normalized spacial score (nSPS) is 11.3. The van der Waals surface area contributed by atoms with Gasteiger partial charge in [-0.3, -0.25) is 0 Å². The fraction of sp³-hybridized carbons (Fsp3) is 0.143. The van der Waals surface area contributed by atoms with Gasteiger partial charge in [0.1, 0.15) is 11.2 Å². The average Bonchev–Trinajstić information content (AvgIpc) is 2.94. The average molecular weight is 286 g/mol. The lowest BCUT2D eigenvalue weighted by molar-refractivity contribution is 0.669. The highest BCUT2D eigenvalue weighted by molar-refractivity contribution is 6.12. The highest BCUT2D eigenvalue weighted by Gasteiger charge is 2.13. The van der Waals surface area contributed by atoms with E-state index in [4.69, 9.17) is 4.42 Å². The number of benzene rings is 3. The van der Waals surface area contributed by atoms with E-state index in [2.05, 4.69) is 61.5 Å². The minimum Gasteiger partial charge on any atom is -0.456 e. The molecule has 0 fully saturated rings.